The van der Waals surface area contributed by atoms with Gasteiger partial charge in [-0.05, 0) is 61.9 Å². The van der Waals surface area contributed by atoms with Crippen LogP contribution in [0.15, 0.2) is 78.5 Å². The summed E-state index contributed by atoms with van der Waals surface area (Å²) in [7, 11) is 0. The van der Waals surface area contributed by atoms with Crippen LogP contribution >= 0.6 is 0 Å². The smallest absolute Gasteiger partial charge is 0.330 e. The van der Waals surface area contributed by atoms with Crippen molar-refractivity contribution < 1.29 is 28.2 Å². The Hall–Kier alpha value is -4.04. The van der Waals surface area contributed by atoms with Crippen molar-refractivity contribution in [2.75, 3.05) is 0 Å². The summed E-state index contributed by atoms with van der Waals surface area (Å²) in [5, 5.41) is 12.9. The Bertz CT molecular complexity index is 1470. The first-order chi connectivity index (χ1) is 19.4. The topological polar surface area (TPSA) is 102 Å². The molecule has 6 nitrogen and oxygen atoms in total. The van der Waals surface area contributed by atoms with Crippen LogP contribution < -0.4 is 11.1 Å². The molecule has 0 saturated carbocycles. The highest BCUT2D eigenvalue weighted by atomic mass is 19.1. The van der Waals surface area contributed by atoms with Crippen molar-refractivity contribution in [3.8, 4) is 0 Å². The van der Waals surface area contributed by atoms with Gasteiger partial charge in [-0.3, -0.25) is 4.79 Å². The normalized spacial score (nSPS) is 21.5. The average molecular weight is 563 g/mol. The molecular weight excluding hydrogens is 526 g/mol. The number of carboxylic acids is 1. The number of halogens is 2. The molecule has 4 rings (SSSR count). The Balaban J connectivity index is 1.82. The van der Waals surface area contributed by atoms with Crippen molar-refractivity contribution in [2.45, 2.75) is 64.6 Å². The molecule has 8 heteroatoms. The molecule has 1 aliphatic rings. The zero-order valence-corrected chi connectivity index (χ0v) is 23.7. The molecule has 3 atom stereocenters. The van der Waals surface area contributed by atoms with E-state index in [1.807, 2.05) is 37.3 Å². The van der Waals surface area contributed by atoms with E-state index in [-0.39, 0.29) is 29.9 Å². The van der Waals surface area contributed by atoms with E-state index in [0.717, 1.165) is 11.6 Å². The van der Waals surface area contributed by atoms with E-state index in [1.165, 1.54) is 6.07 Å². The molecule has 216 valence electrons. The van der Waals surface area contributed by atoms with Crippen LogP contribution in [0.1, 0.15) is 60.9 Å². The van der Waals surface area contributed by atoms with Crippen molar-refractivity contribution in [1.82, 2.24) is 5.32 Å². The summed E-state index contributed by atoms with van der Waals surface area (Å²) in [4.78, 5) is 25.2. The third-order valence-corrected chi connectivity index (χ3v) is 7.86. The third kappa shape index (κ3) is 6.03. The van der Waals surface area contributed by atoms with Crippen LogP contribution in [0.5, 0.6) is 0 Å². The molecular formula is C33H36F2N2O4. The van der Waals surface area contributed by atoms with Gasteiger partial charge < -0.3 is 20.9 Å². The van der Waals surface area contributed by atoms with E-state index in [4.69, 9.17) is 10.5 Å². The molecule has 0 bridgehead atoms. The minimum Gasteiger partial charge on any atom is -0.478 e. The molecule has 41 heavy (non-hydrogen) atoms. The SMILES string of the molecule is CCc1cccc(C2/C(=C/C(=O)O)N[C@@H](CC(C)(C)C(=O)OCc3ccccc3)[C@]2(N)c2ccc(C)cc2F)c1F. The number of aliphatic carboxylic acids is 1. The van der Waals surface area contributed by atoms with E-state index in [0.29, 0.717) is 17.5 Å². The number of esters is 1. The Labute approximate surface area is 239 Å². The van der Waals surface area contributed by atoms with Gasteiger partial charge in [0.15, 0.2) is 0 Å². The quantitative estimate of drug-likeness (QED) is 0.223. The first-order valence-electron chi connectivity index (χ1n) is 13.6. The van der Waals surface area contributed by atoms with Crippen molar-refractivity contribution in [2.24, 2.45) is 11.1 Å². The molecule has 1 fully saturated rings. The maximum absolute atomic E-state index is 15.9. The Morgan fingerprint density at radius 1 is 1.10 bits per heavy atom. The highest BCUT2D eigenvalue weighted by Crippen LogP contribution is 2.51. The van der Waals surface area contributed by atoms with Gasteiger partial charge in [0.05, 0.1) is 22.9 Å². The van der Waals surface area contributed by atoms with Crippen LogP contribution in [-0.4, -0.2) is 23.1 Å². The van der Waals surface area contributed by atoms with Gasteiger partial charge in [-0.2, -0.15) is 0 Å². The largest absolute Gasteiger partial charge is 0.478 e. The van der Waals surface area contributed by atoms with Gasteiger partial charge in [0.25, 0.3) is 0 Å². The van der Waals surface area contributed by atoms with Gasteiger partial charge in [-0.15, -0.1) is 0 Å². The standard InChI is InChI=1S/C33H36F2N2O4/c1-5-22-12-9-13-23(30(22)35)29-26(17-28(38)39)37-27(33(29,36)24-15-14-20(2)16-25(24)34)18-32(3,4)31(40)41-19-21-10-7-6-8-11-21/h6-17,27,29,37H,5,18-19,36H2,1-4H3,(H,38,39)/b26-17-/t27-,29?,33+/m0/s1. The van der Waals surface area contributed by atoms with Crippen molar-refractivity contribution >= 4 is 11.9 Å². The first kappa shape index (κ1) is 29.9. The number of nitrogens with two attached hydrogens (primary N) is 1. The molecule has 1 aliphatic heterocycles. The number of hydrogen-bond donors (Lipinski definition) is 3. The molecule has 3 aromatic carbocycles. The van der Waals surface area contributed by atoms with E-state index >= 15 is 8.78 Å². The van der Waals surface area contributed by atoms with Crippen LogP contribution in [0.4, 0.5) is 8.78 Å². The molecule has 1 heterocycles. The van der Waals surface area contributed by atoms with Crippen molar-refractivity contribution in [1.29, 1.82) is 0 Å². The van der Waals surface area contributed by atoms with E-state index in [1.54, 1.807) is 51.1 Å². The maximum atomic E-state index is 15.9. The minimum absolute atomic E-state index is 0.0486. The van der Waals surface area contributed by atoms with E-state index < -0.39 is 46.5 Å². The van der Waals surface area contributed by atoms with Crippen LogP contribution in [0.25, 0.3) is 0 Å². The summed E-state index contributed by atoms with van der Waals surface area (Å²) in [6, 6.07) is 17.9. The van der Waals surface area contributed by atoms with Crippen molar-refractivity contribution in [3.63, 3.8) is 0 Å². The summed E-state index contributed by atoms with van der Waals surface area (Å²) in [6.45, 7) is 7.01. The molecule has 0 radical (unpaired) electrons. The number of nitrogens with one attached hydrogen (secondary N) is 1. The number of carbonyl (C=O) groups excluding carboxylic acids is 1. The van der Waals surface area contributed by atoms with Gasteiger partial charge in [-0.25, -0.2) is 13.6 Å². The van der Waals surface area contributed by atoms with Crippen LogP contribution in [0.2, 0.25) is 0 Å². The molecule has 3 aromatic rings. The molecule has 0 amide bonds. The molecule has 0 aromatic heterocycles. The Kier molecular flexibility index (Phi) is 8.63. The molecule has 1 unspecified atom stereocenters. The highest BCUT2D eigenvalue weighted by molar-refractivity contribution is 5.81. The second-order valence-electron chi connectivity index (χ2n) is 11.3. The lowest BCUT2D eigenvalue weighted by Gasteiger charge is -2.39. The van der Waals surface area contributed by atoms with Gasteiger partial charge >= 0.3 is 11.9 Å². The average Bonchev–Trinajstić information content (AvgIpc) is 3.17. The fourth-order valence-corrected chi connectivity index (χ4v) is 5.69. The third-order valence-electron chi connectivity index (χ3n) is 7.86. The number of benzene rings is 3. The van der Waals surface area contributed by atoms with E-state index in [2.05, 4.69) is 5.32 Å². The van der Waals surface area contributed by atoms with Gasteiger partial charge in [0.1, 0.15) is 18.2 Å². The fourth-order valence-electron chi connectivity index (χ4n) is 5.69. The molecule has 0 aliphatic carbocycles. The predicted octanol–water partition coefficient (Wildman–Crippen LogP) is 5.87. The number of rotatable bonds is 9. The number of carboxylic acid groups (broad SMARTS) is 1. The molecule has 4 N–H and O–H groups in total. The summed E-state index contributed by atoms with van der Waals surface area (Å²) in [5.41, 5.74) is 6.70. The number of ether oxygens (including phenoxy) is 1. The van der Waals surface area contributed by atoms with Gasteiger partial charge in [0.2, 0.25) is 0 Å². The summed E-state index contributed by atoms with van der Waals surface area (Å²) in [6.07, 6.45) is 1.39. The second-order valence-corrected chi connectivity index (χ2v) is 11.3. The summed E-state index contributed by atoms with van der Waals surface area (Å²) >= 11 is 0. The molecule has 1 saturated heterocycles. The summed E-state index contributed by atoms with van der Waals surface area (Å²) < 4.78 is 37.2. The van der Waals surface area contributed by atoms with Crippen LogP contribution in [0, 0.1) is 24.0 Å². The van der Waals surface area contributed by atoms with Crippen LogP contribution in [0.3, 0.4) is 0 Å². The van der Waals surface area contributed by atoms with Gasteiger partial charge in [-0.1, -0.05) is 67.6 Å². The zero-order chi connectivity index (χ0) is 29.9. The summed E-state index contributed by atoms with van der Waals surface area (Å²) in [5.74, 6) is -3.97. The minimum atomic E-state index is -1.66. The van der Waals surface area contributed by atoms with Crippen molar-refractivity contribution in [3.05, 3.63) is 118 Å². The number of hydrogen-bond acceptors (Lipinski definition) is 5. The Morgan fingerprint density at radius 3 is 2.44 bits per heavy atom. The first-order valence-corrected chi connectivity index (χ1v) is 13.6. The lowest BCUT2D eigenvalue weighted by Crippen LogP contribution is -2.53. The van der Waals surface area contributed by atoms with Crippen LogP contribution in [-0.2, 0) is 32.9 Å². The van der Waals surface area contributed by atoms with E-state index in [9.17, 15) is 14.7 Å². The zero-order valence-electron chi connectivity index (χ0n) is 23.7. The fraction of sp³-hybridized carbons (Fsp3) is 0.333. The second kappa shape index (κ2) is 11.8. The number of aryl methyl sites for hydroxylation is 2. The number of carbonyl (C=O) groups is 2. The van der Waals surface area contributed by atoms with Gasteiger partial charge in [0, 0.05) is 17.3 Å². The Morgan fingerprint density at radius 2 is 1.80 bits per heavy atom. The maximum Gasteiger partial charge on any atom is 0.330 e. The lowest BCUT2D eigenvalue weighted by atomic mass is 9.68. The molecule has 0 spiro atoms. The lowest BCUT2D eigenvalue weighted by molar-refractivity contribution is -0.156. The monoisotopic (exact) mass is 562 g/mol. The predicted molar refractivity (Wildman–Crippen MR) is 153 cm³/mol. The highest BCUT2D eigenvalue weighted by Gasteiger charge is 2.56.